The van der Waals surface area contributed by atoms with E-state index in [4.69, 9.17) is 0 Å². The Hall–Kier alpha value is -3.00. The summed E-state index contributed by atoms with van der Waals surface area (Å²) in [6.07, 6.45) is 3.15. The van der Waals surface area contributed by atoms with Crippen molar-refractivity contribution in [1.29, 1.82) is 0 Å². The second-order valence-corrected chi connectivity index (χ2v) is 7.90. The van der Waals surface area contributed by atoms with Crippen molar-refractivity contribution < 1.29 is 9.72 Å². The number of benzene rings is 2. The standard InChI is InChI=1S/C21H22N4O3S/c1-3-7-19-20(26)24(14-17-10-5-4-8-15(17)2)21(29-19)23-22-13-16-9-6-11-18(12-16)25(27)28/h4-6,8-13,19H,3,7,14H2,1-2H3/b22-13-,23-21-/t19-/m1/s1. The van der Waals surface area contributed by atoms with Gasteiger partial charge in [0.1, 0.15) is 0 Å². The lowest BCUT2D eigenvalue weighted by Gasteiger charge is -2.17. The summed E-state index contributed by atoms with van der Waals surface area (Å²) in [6, 6.07) is 14.1. The number of carbonyl (C=O) groups is 1. The third-order valence-electron chi connectivity index (χ3n) is 4.59. The number of rotatable bonds is 7. The second kappa shape index (κ2) is 9.47. The highest BCUT2D eigenvalue weighted by atomic mass is 32.2. The molecule has 0 aromatic heterocycles. The maximum absolute atomic E-state index is 12.9. The molecule has 0 N–H and O–H groups in total. The monoisotopic (exact) mass is 410 g/mol. The molecule has 1 aliphatic heterocycles. The van der Waals surface area contributed by atoms with Crippen LogP contribution in [0.25, 0.3) is 0 Å². The fraction of sp³-hybridized carbons (Fsp3) is 0.286. The highest BCUT2D eigenvalue weighted by molar-refractivity contribution is 8.15. The summed E-state index contributed by atoms with van der Waals surface area (Å²) in [5, 5.41) is 19.7. The summed E-state index contributed by atoms with van der Waals surface area (Å²) in [4.78, 5) is 25.0. The van der Waals surface area contributed by atoms with Gasteiger partial charge in [0, 0.05) is 17.7 Å². The van der Waals surface area contributed by atoms with E-state index < -0.39 is 4.92 Å². The topological polar surface area (TPSA) is 88.2 Å². The van der Waals surface area contributed by atoms with Crippen molar-refractivity contribution in [3.63, 3.8) is 0 Å². The summed E-state index contributed by atoms with van der Waals surface area (Å²) in [5.41, 5.74) is 2.75. The molecule has 1 aliphatic rings. The molecule has 0 bridgehead atoms. The summed E-state index contributed by atoms with van der Waals surface area (Å²) < 4.78 is 0. The van der Waals surface area contributed by atoms with Gasteiger partial charge in [-0.1, -0.05) is 61.5 Å². The fourth-order valence-corrected chi connectivity index (χ4v) is 4.21. The average molecular weight is 410 g/mol. The Labute approximate surface area is 173 Å². The van der Waals surface area contributed by atoms with Gasteiger partial charge in [-0.3, -0.25) is 19.8 Å². The minimum absolute atomic E-state index is 0.00351. The zero-order chi connectivity index (χ0) is 20.8. The zero-order valence-electron chi connectivity index (χ0n) is 16.3. The number of amidine groups is 1. The molecule has 7 nitrogen and oxygen atoms in total. The van der Waals surface area contributed by atoms with E-state index in [1.165, 1.54) is 30.1 Å². The van der Waals surface area contributed by atoms with E-state index in [9.17, 15) is 14.9 Å². The van der Waals surface area contributed by atoms with E-state index >= 15 is 0 Å². The van der Waals surface area contributed by atoms with Crippen LogP contribution in [0.2, 0.25) is 0 Å². The predicted molar refractivity (Wildman–Crippen MR) is 116 cm³/mol. The minimum Gasteiger partial charge on any atom is -0.284 e. The van der Waals surface area contributed by atoms with E-state index in [0.717, 1.165) is 24.0 Å². The second-order valence-electron chi connectivity index (χ2n) is 6.73. The number of thioether (sulfide) groups is 1. The minimum atomic E-state index is -0.450. The van der Waals surface area contributed by atoms with E-state index in [2.05, 4.69) is 17.1 Å². The number of hydrogen-bond donors (Lipinski definition) is 0. The van der Waals surface area contributed by atoms with Crippen LogP contribution >= 0.6 is 11.8 Å². The molecule has 1 heterocycles. The van der Waals surface area contributed by atoms with E-state index in [-0.39, 0.29) is 16.8 Å². The quantitative estimate of drug-likeness (QED) is 0.381. The Morgan fingerprint density at radius 2 is 2.03 bits per heavy atom. The smallest absolute Gasteiger partial charge is 0.270 e. The van der Waals surface area contributed by atoms with Gasteiger partial charge in [-0.2, -0.15) is 5.10 Å². The van der Waals surface area contributed by atoms with Gasteiger partial charge in [0.05, 0.1) is 22.9 Å². The molecule has 1 fully saturated rings. The molecule has 2 aromatic rings. The van der Waals surface area contributed by atoms with Crippen molar-refractivity contribution in [2.75, 3.05) is 0 Å². The van der Waals surface area contributed by atoms with Crippen molar-refractivity contribution in [3.8, 4) is 0 Å². The Morgan fingerprint density at radius 1 is 1.24 bits per heavy atom. The summed E-state index contributed by atoms with van der Waals surface area (Å²) >= 11 is 1.42. The van der Waals surface area contributed by atoms with Gasteiger partial charge in [-0.15, -0.1) is 5.10 Å². The van der Waals surface area contributed by atoms with Crippen molar-refractivity contribution in [2.24, 2.45) is 10.2 Å². The number of nitro groups is 1. The molecule has 1 amide bonds. The number of non-ortho nitro benzene ring substituents is 1. The third-order valence-corrected chi connectivity index (χ3v) is 5.83. The maximum Gasteiger partial charge on any atom is 0.270 e. The normalized spacial score (nSPS) is 18.1. The van der Waals surface area contributed by atoms with Crippen LogP contribution in [0.15, 0.2) is 58.7 Å². The predicted octanol–water partition coefficient (Wildman–Crippen LogP) is 4.54. The van der Waals surface area contributed by atoms with E-state index in [1.807, 2.05) is 31.2 Å². The molecule has 8 heteroatoms. The van der Waals surface area contributed by atoms with Crippen molar-refractivity contribution in [1.82, 2.24) is 4.90 Å². The number of nitrogens with zero attached hydrogens (tertiary/aromatic N) is 4. The molecular formula is C21H22N4O3S. The first-order valence-electron chi connectivity index (χ1n) is 9.37. The molecular weight excluding hydrogens is 388 g/mol. The van der Waals surface area contributed by atoms with Crippen LogP contribution in [-0.2, 0) is 11.3 Å². The number of nitro benzene ring substituents is 1. The molecule has 29 heavy (non-hydrogen) atoms. The van der Waals surface area contributed by atoms with Gasteiger partial charge in [-0.05, 0) is 24.5 Å². The molecule has 0 saturated carbocycles. The van der Waals surface area contributed by atoms with Gasteiger partial charge >= 0.3 is 0 Å². The largest absolute Gasteiger partial charge is 0.284 e. The first-order valence-corrected chi connectivity index (χ1v) is 10.3. The molecule has 0 spiro atoms. The van der Waals surface area contributed by atoms with Crippen LogP contribution in [0.4, 0.5) is 5.69 Å². The maximum atomic E-state index is 12.9. The number of aryl methyl sites for hydroxylation is 1. The molecule has 150 valence electrons. The SMILES string of the molecule is CCC[C@H]1S/C(=N\N=C/c2cccc([N+](=O)[O-])c2)N(Cc2ccccc2C)C1=O. The summed E-state index contributed by atoms with van der Waals surface area (Å²) in [7, 11) is 0. The lowest BCUT2D eigenvalue weighted by atomic mass is 10.1. The van der Waals surface area contributed by atoms with Crippen LogP contribution in [0.5, 0.6) is 0 Å². The molecule has 0 radical (unpaired) electrons. The van der Waals surface area contributed by atoms with Crippen LogP contribution in [0.3, 0.4) is 0 Å². The number of hydrogen-bond acceptors (Lipinski definition) is 6. The van der Waals surface area contributed by atoms with Gasteiger partial charge in [0.15, 0.2) is 5.17 Å². The van der Waals surface area contributed by atoms with Crippen LogP contribution in [0.1, 0.15) is 36.5 Å². The molecule has 1 saturated heterocycles. The van der Waals surface area contributed by atoms with Crippen LogP contribution < -0.4 is 0 Å². The summed E-state index contributed by atoms with van der Waals surface area (Å²) in [5.74, 6) is 0.0457. The van der Waals surface area contributed by atoms with Gasteiger partial charge in [0.25, 0.3) is 5.69 Å². The van der Waals surface area contributed by atoms with Gasteiger partial charge in [-0.25, -0.2) is 0 Å². The van der Waals surface area contributed by atoms with Gasteiger partial charge < -0.3 is 0 Å². The Morgan fingerprint density at radius 3 is 2.76 bits per heavy atom. The lowest BCUT2D eigenvalue weighted by Crippen LogP contribution is -2.31. The number of amides is 1. The number of carbonyl (C=O) groups excluding carboxylic acids is 1. The Bertz CT molecular complexity index is 974. The molecule has 2 aromatic carbocycles. The molecule has 1 atom stereocenters. The Balaban J connectivity index is 1.83. The third kappa shape index (κ3) is 5.08. The molecule has 0 aliphatic carbocycles. The first-order chi connectivity index (χ1) is 14.0. The molecule has 3 rings (SSSR count). The zero-order valence-corrected chi connectivity index (χ0v) is 17.1. The Kier molecular flexibility index (Phi) is 6.77. The molecule has 0 unspecified atom stereocenters. The van der Waals surface area contributed by atoms with Crippen molar-refractivity contribution in [3.05, 3.63) is 75.3 Å². The van der Waals surface area contributed by atoms with Gasteiger partial charge in [0.2, 0.25) is 5.91 Å². The first kappa shape index (κ1) is 20.7. The highest BCUT2D eigenvalue weighted by Crippen LogP contribution is 2.32. The highest BCUT2D eigenvalue weighted by Gasteiger charge is 2.37. The fourth-order valence-electron chi connectivity index (χ4n) is 3.00. The lowest BCUT2D eigenvalue weighted by molar-refractivity contribution is -0.384. The van der Waals surface area contributed by atoms with Crippen LogP contribution in [0, 0.1) is 17.0 Å². The summed E-state index contributed by atoms with van der Waals surface area (Å²) in [6.45, 7) is 4.52. The van der Waals surface area contributed by atoms with Crippen LogP contribution in [-0.4, -0.2) is 32.4 Å². The average Bonchev–Trinajstić information content (AvgIpc) is 2.99. The van der Waals surface area contributed by atoms with Crippen molar-refractivity contribution in [2.45, 2.75) is 38.5 Å². The van der Waals surface area contributed by atoms with E-state index in [1.54, 1.807) is 17.0 Å². The van der Waals surface area contributed by atoms with E-state index in [0.29, 0.717) is 17.3 Å². The van der Waals surface area contributed by atoms with Crippen molar-refractivity contribution >= 4 is 34.7 Å².